The fourth-order valence-corrected chi connectivity index (χ4v) is 1.71. The molecule has 14 heavy (non-hydrogen) atoms. The van der Waals surface area contributed by atoms with Crippen molar-refractivity contribution in [1.82, 2.24) is 4.90 Å². The van der Waals surface area contributed by atoms with E-state index in [4.69, 9.17) is 10.5 Å². The molecule has 0 aromatic carbocycles. The average Bonchev–Trinajstić information content (AvgIpc) is 2.65. The number of ether oxygens (including phenoxy) is 1. The molecule has 0 unspecified atom stereocenters. The Morgan fingerprint density at radius 2 is 2.43 bits per heavy atom. The van der Waals surface area contributed by atoms with Crippen LogP contribution >= 0.6 is 0 Å². The Labute approximate surface area is 85.4 Å². The molecule has 1 saturated heterocycles. The molecule has 0 radical (unpaired) electrons. The van der Waals surface area contributed by atoms with Crippen molar-refractivity contribution in [3.05, 3.63) is 0 Å². The highest BCUT2D eigenvalue weighted by Gasteiger charge is 2.28. The Morgan fingerprint density at radius 3 is 3.07 bits per heavy atom. The van der Waals surface area contributed by atoms with Crippen LogP contribution in [0.25, 0.3) is 0 Å². The average molecular weight is 200 g/mol. The third-order valence-corrected chi connectivity index (χ3v) is 2.61. The minimum absolute atomic E-state index is 0.189. The summed E-state index contributed by atoms with van der Waals surface area (Å²) < 4.78 is 5.13. The molecule has 1 fully saturated rings. The van der Waals surface area contributed by atoms with E-state index >= 15 is 0 Å². The van der Waals surface area contributed by atoms with Gasteiger partial charge in [0.15, 0.2) is 0 Å². The number of hydrogen-bond acceptors (Lipinski definition) is 3. The molecule has 0 spiro atoms. The molecule has 0 aromatic heterocycles. The van der Waals surface area contributed by atoms with Crippen molar-refractivity contribution in [1.29, 1.82) is 0 Å². The third-order valence-electron chi connectivity index (χ3n) is 2.61. The van der Waals surface area contributed by atoms with E-state index in [1.807, 2.05) is 0 Å². The number of unbranched alkanes of at least 4 members (excludes halogenated alkanes) is 1. The monoisotopic (exact) mass is 200 g/mol. The second-order valence-corrected chi connectivity index (χ2v) is 3.69. The fourth-order valence-electron chi connectivity index (χ4n) is 1.71. The number of amides is 1. The summed E-state index contributed by atoms with van der Waals surface area (Å²) in [7, 11) is 0. The summed E-state index contributed by atoms with van der Waals surface area (Å²) in [4.78, 5) is 13.3. The van der Waals surface area contributed by atoms with Gasteiger partial charge in [0.1, 0.15) is 0 Å². The van der Waals surface area contributed by atoms with Crippen molar-refractivity contribution in [3.8, 4) is 0 Å². The highest BCUT2D eigenvalue weighted by Crippen LogP contribution is 2.17. The van der Waals surface area contributed by atoms with E-state index in [0.29, 0.717) is 13.2 Å². The molecule has 1 amide bonds. The first kappa shape index (κ1) is 11.3. The molecule has 0 saturated carbocycles. The van der Waals surface area contributed by atoms with Crippen LogP contribution in [0.3, 0.4) is 0 Å². The van der Waals surface area contributed by atoms with Crippen molar-refractivity contribution in [2.75, 3.05) is 19.7 Å². The minimum atomic E-state index is -0.189. The number of nitrogens with zero attached hydrogens (tertiary/aromatic N) is 1. The highest BCUT2D eigenvalue weighted by atomic mass is 16.6. The van der Waals surface area contributed by atoms with Gasteiger partial charge in [0.25, 0.3) is 0 Å². The Hall–Kier alpha value is -0.770. The van der Waals surface area contributed by atoms with Crippen LogP contribution in [0.15, 0.2) is 0 Å². The molecule has 0 aromatic rings. The molecule has 1 heterocycles. The Balaban J connectivity index is 2.28. The lowest BCUT2D eigenvalue weighted by atomic mass is 10.2. The van der Waals surface area contributed by atoms with Gasteiger partial charge in [-0.05, 0) is 19.3 Å². The first-order chi connectivity index (χ1) is 6.79. The number of hydrogen-bond donors (Lipinski definition) is 1. The topological polar surface area (TPSA) is 55.6 Å². The lowest BCUT2D eigenvalue weighted by Crippen LogP contribution is -2.40. The normalized spacial score (nSPS) is 21.3. The second-order valence-electron chi connectivity index (χ2n) is 3.69. The van der Waals surface area contributed by atoms with Gasteiger partial charge in [-0.15, -0.1) is 0 Å². The maximum Gasteiger partial charge on any atom is 0.410 e. The van der Waals surface area contributed by atoms with Crippen LogP contribution in [0, 0.1) is 0 Å². The summed E-state index contributed by atoms with van der Waals surface area (Å²) in [5.74, 6) is 0. The Bertz CT molecular complexity index is 185. The number of likely N-dealkylation sites (tertiary alicyclic amines) is 1. The van der Waals surface area contributed by atoms with Crippen molar-refractivity contribution >= 4 is 6.09 Å². The van der Waals surface area contributed by atoms with E-state index in [0.717, 1.165) is 32.2 Å². The minimum Gasteiger partial charge on any atom is -0.449 e. The molecule has 1 aliphatic heterocycles. The lowest BCUT2D eigenvalue weighted by Gasteiger charge is -2.22. The summed E-state index contributed by atoms with van der Waals surface area (Å²) in [6.45, 7) is 3.95. The van der Waals surface area contributed by atoms with E-state index in [-0.39, 0.29) is 12.1 Å². The SMILES string of the molecule is CCCCOC(=O)N1CCC[C@@H]1CN. The molecule has 4 nitrogen and oxygen atoms in total. The zero-order valence-corrected chi connectivity index (χ0v) is 8.87. The quantitative estimate of drug-likeness (QED) is 0.697. The molecule has 82 valence electrons. The van der Waals surface area contributed by atoms with Crippen LogP contribution < -0.4 is 5.73 Å². The van der Waals surface area contributed by atoms with Gasteiger partial charge in [-0.2, -0.15) is 0 Å². The number of nitrogens with two attached hydrogens (primary N) is 1. The highest BCUT2D eigenvalue weighted by molar-refractivity contribution is 5.68. The summed E-state index contributed by atoms with van der Waals surface area (Å²) in [6, 6.07) is 0.198. The van der Waals surface area contributed by atoms with Gasteiger partial charge in [-0.1, -0.05) is 13.3 Å². The van der Waals surface area contributed by atoms with Gasteiger partial charge in [0.2, 0.25) is 0 Å². The summed E-state index contributed by atoms with van der Waals surface area (Å²) in [5.41, 5.74) is 5.57. The van der Waals surface area contributed by atoms with Gasteiger partial charge in [-0.25, -0.2) is 4.79 Å². The van der Waals surface area contributed by atoms with Crippen LogP contribution in [-0.2, 0) is 4.74 Å². The van der Waals surface area contributed by atoms with Crippen LogP contribution in [0.1, 0.15) is 32.6 Å². The number of rotatable bonds is 4. The van der Waals surface area contributed by atoms with Gasteiger partial charge < -0.3 is 15.4 Å². The third kappa shape index (κ3) is 2.87. The first-order valence-corrected chi connectivity index (χ1v) is 5.43. The fraction of sp³-hybridized carbons (Fsp3) is 0.900. The van der Waals surface area contributed by atoms with Crippen molar-refractivity contribution in [3.63, 3.8) is 0 Å². The molecular formula is C10H20N2O2. The molecule has 1 rings (SSSR count). The van der Waals surface area contributed by atoms with Gasteiger partial charge in [0, 0.05) is 19.1 Å². The number of carbonyl (C=O) groups excluding carboxylic acids is 1. The van der Waals surface area contributed by atoms with Crippen molar-refractivity contribution in [2.45, 2.75) is 38.6 Å². The Morgan fingerprint density at radius 1 is 1.64 bits per heavy atom. The van der Waals surface area contributed by atoms with Gasteiger partial charge >= 0.3 is 6.09 Å². The van der Waals surface area contributed by atoms with E-state index < -0.39 is 0 Å². The van der Waals surface area contributed by atoms with Gasteiger partial charge in [0.05, 0.1) is 6.61 Å². The Kier molecular flexibility index (Phi) is 4.73. The van der Waals surface area contributed by atoms with E-state index in [1.165, 1.54) is 0 Å². The molecule has 1 aliphatic rings. The predicted molar refractivity (Wildman–Crippen MR) is 55.0 cm³/mol. The second kappa shape index (κ2) is 5.86. The van der Waals surface area contributed by atoms with Crippen LogP contribution in [0.2, 0.25) is 0 Å². The molecule has 2 N–H and O–H groups in total. The molecule has 0 aliphatic carbocycles. The number of carbonyl (C=O) groups is 1. The molecule has 0 bridgehead atoms. The van der Waals surface area contributed by atoms with Crippen LogP contribution in [-0.4, -0.2) is 36.7 Å². The zero-order chi connectivity index (χ0) is 10.4. The summed E-state index contributed by atoms with van der Waals surface area (Å²) >= 11 is 0. The maximum absolute atomic E-state index is 11.5. The van der Waals surface area contributed by atoms with Gasteiger partial charge in [-0.3, -0.25) is 0 Å². The predicted octanol–water partition coefficient (Wildman–Crippen LogP) is 1.35. The zero-order valence-electron chi connectivity index (χ0n) is 8.87. The lowest BCUT2D eigenvalue weighted by molar-refractivity contribution is 0.0979. The van der Waals surface area contributed by atoms with Crippen molar-refractivity contribution in [2.24, 2.45) is 5.73 Å². The molecule has 1 atom stereocenters. The smallest absolute Gasteiger partial charge is 0.410 e. The van der Waals surface area contributed by atoms with Crippen LogP contribution in [0.5, 0.6) is 0 Å². The summed E-state index contributed by atoms with van der Waals surface area (Å²) in [6.07, 6.45) is 3.86. The molecule has 4 heteroatoms. The standard InChI is InChI=1S/C10H20N2O2/c1-2-3-7-14-10(13)12-6-4-5-9(12)8-11/h9H,2-8,11H2,1H3/t9-/m1/s1. The molecular weight excluding hydrogens is 180 g/mol. The van der Waals surface area contributed by atoms with Crippen LogP contribution in [0.4, 0.5) is 4.79 Å². The largest absolute Gasteiger partial charge is 0.449 e. The van der Waals surface area contributed by atoms with E-state index in [1.54, 1.807) is 4.90 Å². The maximum atomic E-state index is 11.5. The van der Waals surface area contributed by atoms with E-state index in [2.05, 4.69) is 6.92 Å². The first-order valence-electron chi connectivity index (χ1n) is 5.43. The summed E-state index contributed by atoms with van der Waals surface area (Å²) in [5, 5.41) is 0. The van der Waals surface area contributed by atoms with Crippen molar-refractivity contribution < 1.29 is 9.53 Å². The van der Waals surface area contributed by atoms with E-state index in [9.17, 15) is 4.79 Å².